The van der Waals surface area contributed by atoms with Crippen molar-refractivity contribution in [1.29, 1.82) is 0 Å². The molecule has 102 valence electrons. The molecule has 20 heavy (non-hydrogen) atoms. The average molecular weight is 285 g/mol. The summed E-state index contributed by atoms with van der Waals surface area (Å²) in [5, 5.41) is 5.60. The van der Waals surface area contributed by atoms with Crippen molar-refractivity contribution in [2.75, 3.05) is 0 Å². The van der Waals surface area contributed by atoms with Gasteiger partial charge in [-0.15, -0.1) is 0 Å². The zero-order valence-corrected chi connectivity index (χ0v) is 12.1. The summed E-state index contributed by atoms with van der Waals surface area (Å²) in [6.45, 7) is 2.98. The molecule has 3 aromatic rings. The van der Waals surface area contributed by atoms with Gasteiger partial charge in [0.25, 0.3) is 0 Å². The van der Waals surface area contributed by atoms with E-state index >= 15 is 0 Å². The van der Waals surface area contributed by atoms with E-state index in [1.807, 2.05) is 24.3 Å². The molecule has 3 rings (SSSR count). The third-order valence-corrected chi connectivity index (χ3v) is 3.86. The van der Waals surface area contributed by atoms with Crippen molar-refractivity contribution in [3.05, 3.63) is 70.9 Å². The van der Waals surface area contributed by atoms with Crippen LogP contribution in [0.3, 0.4) is 0 Å². The fourth-order valence-corrected chi connectivity index (χ4v) is 2.63. The van der Waals surface area contributed by atoms with E-state index in [9.17, 15) is 0 Å². The standard InChI is InChI=1S/C17H17ClN2/c1-12(13-5-4-6-15(18)9-13)19-10-14-11-20-17-8-3-2-7-16(14)17/h2-9,11-12,19-20H,10H2,1H3/t12-/m1/s1. The Morgan fingerprint density at radius 2 is 2.00 bits per heavy atom. The molecule has 1 atom stereocenters. The van der Waals surface area contributed by atoms with Crippen LogP contribution in [0.15, 0.2) is 54.7 Å². The van der Waals surface area contributed by atoms with Gasteiger partial charge in [0.1, 0.15) is 0 Å². The van der Waals surface area contributed by atoms with Gasteiger partial charge in [-0.3, -0.25) is 0 Å². The summed E-state index contributed by atoms with van der Waals surface area (Å²) < 4.78 is 0. The Balaban J connectivity index is 1.73. The van der Waals surface area contributed by atoms with Crippen LogP contribution in [-0.4, -0.2) is 4.98 Å². The van der Waals surface area contributed by atoms with E-state index in [0.717, 1.165) is 11.6 Å². The van der Waals surface area contributed by atoms with Gasteiger partial charge < -0.3 is 10.3 Å². The highest BCUT2D eigenvalue weighted by atomic mass is 35.5. The molecule has 0 fully saturated rings. The molecule has 0 saturated carbocycles. The first-order valence-corrected chi connectivity index (χ1v) is 7.15. The van der Waals surface area contributed by atoms with Crippen LogP contribution in [0.4, 0.5) is 0 Å². The van der Waals surface area contributed by atoms with E-state index < -0.39 is 0 Å². The summed E-state index contributed by atoms with van der Waals surface area (Å²) >= 11 is 6.03. The first-order chi connectivity index (χ1) is 9.74. The second-order valence-corrected chi connectivity index (χ2v) is 5.45. The predicted molar refractivity (Wildman–Crippen MR) is 85.0 cm³/mol. The van der Waals surface area contributed by atoms with Gasteiger partial charge in [-0.25, -0.2) is 0 Å². The highest BCUT2D eigenvalue weighted by Gasteiger charge is 2.07. The van der Waals surface area contributed by atoms with Gasteiger partial charge in [0.05, 0.1) is 0 Å². The summed E-state index contributed by atoms with van der Waals surface area (Å²) in [6.07, 6.45) is 2.07. The van der Waals surface area contributed by atoms with Gasteiger partial charge in [0, 0.05) is 34.7 Å². The Morgan fingerprint density at radius 1 is 1.15 bits per heavy atom. The van der Waals surface area contributed by atoms with Crippen LogP contribution >= 0.6 is 11.6 Å². The topological polar surface area (TPSA) is 27.8 Å². The zero-order valence-electron chi connectivity index (χ0n) is 11.4. The maximum absolute atomic E-state index is 6.03. The monoisotopic (exact) mass is 284 g/mol. The largest absolute Gasteiger partial charge is 0.361 e. The molecule has 3 heteroatoms. The van der Waals surface area contributed by atoms with E-state index in [-0.39, 0.29) is 6.04 Å². The van der Waals surface area contributed by atoms with Crippen molar-refractivity contribution in [3.8, 4) is 0 Å². The molecule has 0 aliphatic rings. The summed E-state index contributed by atoms with van der Waals surface area (Å²) in [5.74, 6) is 0. The lowest BCUT2D eigenvalue weighted by molar-refractivity contribution is 0.576. The Hall–Kier alpha value is -1.77. The van der Waals surface area contributed by atoms with Gasteiger partial charge >= 0.3 is 0 Å². The molecular weight excluding hydrogens is 268 g/mol. The lowest BCUT2D eigenvalue weighted by Gasteiger charge is -2.14. The molecule has 1 aromatic heterocycles. The first-order valence-electron chi connectivity index (χ1n) is 6.78. The number of hydrogen-bond donors (Lipinski definition) is 2. The fraction of sp³-hybridized carbons (Fsp3) is 0.176. The number of rotatable bonds is 4. The van der Waals surface area contributed by atoms with Crippen LogP contribution in [0, 0.1) is 0 Å². The van der Waals surface area contributed by atoms with Crippen LogP contribution in [0.25, 0.3) is 10.9 Å². The smallest absolute Gasteiger partial charge is 0.0457 e. The van der Waals surface area contributed by atoms with E-state index in [4.69, 9.17) is 11.6 Å². The van der Waals surface area contributed by atoms with Crippen molar-refractivity contribution < 1.29 is 0 Å². The Morgan fingerprint density at radius 3 is 2.85 bits per heavy atom. The third-order valence-electron chi connectivity index (χ3n) is 3.62. The number of aromatic amines is 1. The second-order valence-electron chi connectivity index (χ2n) is 5.02. The molecule has 2 nitrogen and oxygen atoms in total. The van der Waals surface area contributed by atoms with Crippen molar-refractivity contribution in [2.45, 2.75) is 19.5 Å². The van der Waals surface area contributed by atoms with E-state index in [0.29, 0.717) is 0 Å². The molecule has 0 aliphatic heterocycles. The predicted octanol–water partition coefficient (Wildman–Crippen LogP) is 4.67. The highest BCUT2D eigenvalue weighted by Crippen LogP contribution is 2.20. The van der Waals surface area contributed by atoms with Gasteiger partial charge in [-0.05, 0) is 36.2 Å². The van der Waals surface area contributed by atoms with Crippen LogP contribution in [-0.2, 0) is 6.54 Å². The minimum Gasteiger partial charge on any atom is -0.361 e. The number of H-pyrrole nitrogens is 1. The average Bonchev–Trinajstić information content (AvgIpc) is 2.88. The van der Waals surface area contributed by atoms with Crippen LogP contribution in [0.2, 0.25) is 5.02 Å². The van der Waals surface area contributed by atoms with E-state index in [1.165, 1.54) is 22.0 Å². The maximum atomic E-state index is 6.03. The van der Waals surface area contributed by atoms with E-state index in [1.54, 1.807) is 0 Å². The molecule has 0 amide bonds. The number of halogens is 1. The minimum absolute atomic E-state index is 0.266. The molecule has 1 heterocycles. The number of aromatic nitrogens is 1. The third kappa shape index (κ3) is 2.72. The number of fused-ring (bicyclic) bond motifs is 1. The van der Waals surface area contributed by atoms with Crippen LogP contribution in [0.1, 0.15) is 24.1 Å². The summed E-state index contributed by atoms with van der Waals surface area (Å²) in [7, 11) is 0. The Kier molecular flexibility index (Phi) is 3.77. The van der Waals surface area contributed by atoms with Gasteiger partial charge in [0.2, 0.25) is 0 Å². The molecule has 0 saturated heterocycles. The Labute approximate surface area is 123 Å². The van der Waals surface area contributed by atoms with Crippen molar-refractivity contribution in [3.63, 3.8) is 0 Å². The van der Waals surface area contributed by atoms with Crippen molar-refractivity contribution >= 4 is 22.5 Å². The summed E-state index contributed by atoms with van der Waals surface area (Å²) in [5.41, 5.74) is 3.67. The molecule has 0 bridgehead atoms. The molecule has 0 unspecified atom stereocenters. The Bertz CT molecular complexity index is 718. The fourth-order valence-electron chi connectivity index (χ4n) is 2.43. The zero-order chi connectivity index (χ0) is 13.9. The van der Waals surface area contributed by atoms with Crippen molar-refractivity contribution in [2.24, 2.45) is 0 Å². The maximum Gasteiger partial charge on any atom is 0.0457 e. The summed E-state index contributed by atoms with van der Waals surface area (Å²) in [6, 6.07) is 16.6. The highest BCUT2D eigenvalue weighted by molar-refractivity contribution is 6.30. The molecule has 2 aromatic carbocycles. The summed E-state index contributed by atoms with van der Waals surface area (Å²) in [4.78, 5) is 3.30. The van der Waals surface area contributed by atoms with Gasteiger partial charge in [0.15, 0.2) is 0 Å². The molecular formula is C17H17ClN2. The molecule has 0 aliphatic carbocycles. The minimum atomic E-state index is 0.266. The van der Waals surface area contributed by atoms with Gasteiger partial charge in [-0.1, -0.05) is 41.9 Å². The first kappa shape index (κ1) is 13.2. The molecule has 2 N–H and O–H groups in total. The number of hydrogen-bond acceptors (Lipinski definition) is 1. The van der Waals surface area contributed by atoms with E-state index in [2.05, 4.69) is 47.7 Å². The van der Waals surface area contributed by atoms with Crippen LogP contribution < -0.4 is 5.32 Å². The second kappa shape index (κ2) is 5.70. The number of para-hydroxylation sites is 1. The number of benzene rings is 2. The SMILES string of the molecule is C[C@@H](NCc1c[nH]c2ccccc12)c1cccc(Cl)c1. The van der Waals surface area contributed by atoms with Crippen molar-refractivity contribution in [1.82, 2.24) is 10.3 Å². The lowest BCUT2D eigenvalue weighted by Crippen LogP contribution is -2.17. The quantitative estimate of drug-likeness (QED) is 0.716. The number of nitrogens with one attached hydrogen (secondary N) is 2. The molecule has 0 spiro atoms. The van der Waals surface area contributed by atoms with Gasteiger partial charge in [-0.2, -0.15) is 0 Å². The lowest BCUT2D eigenvalue weighted by atomic mass is 10.1. The normalized spacial score (nSPS) is 12.7. The molecule has 0 radical (unpaired) electrons. The van der Waals surface area contributed by atoms with Crippen LogP contribution in [0.5, 0.6) is 0 Å².